The van der Waals surface area contributed by atoms with E-state index in [1.165, 1.54) is 0 Å². The van der Waals surface area contributed by atoms with E-state index < -0.39 is 29.6 Å². The number of halogens is 1. The third kappa shape index (κ3) is 6.87. The summed E-state index contributed by atoms with van der Waals surface area (Å²) in [6.07, 6.45) is -1.17. The zero-order chi connectivity index (χ0) is 18.5. The SMILES string of the molecule is Cc1ccc(Cl)cc1NC(=O)[C@@H](CC(N)=O)NC(=O)OC(C)(C)C. The molecule has 0 heterocycles. The summed E-state index contributed by atoms with van der Waals surface area (Å²) in [5.74, 6) is -1.32. The van der Waals surface area contributed by atoms with Crippen LogP contribution in [0.1, 0.15) is 32.8 Å². The highest BCUT2D eigenvalue weighted by Gasteiger charge is 2.26. The molecule has 1 rings (SSSR count). The van der Waals surface area contributed by atoms with Crippen LogP contribution in [0.4, 0.5) is 10.5 Å². The molecule has 0 unspecified atom stereocenters. The van der Waals surface area contributed by atoms with E-state index in [1.54, 1.807) is 45.9 Å². The molecule has 0 aliphatic carbocycles. The molecule has 0 aromatic heterocycles. The van der Waals surface area contributed by atoms with Crippen LogP contribution < -0.4 is 16.4 Å². The van der Waals surface area contributed by atoms with E-state index in [9.17, 15) is 14.4 Å². The number of carbonyl (C=O) groups is 3. The highest BCUT2D eigenvalue weighted by molar-refractivity contribution is 6.31. The van der Waals surface area contributed by atoms with Crippen molar-refractivity contribution >= 4 is 35.2 Å². The number of carbonyl (C=O) groups excluding carboxylic acids is 3. The van der Waals surface area contributed by atoms with Gasteiger partial charge >= 0.3 is 6.09 Å². The van der Waals surface area contributed by atoms with E-state index in [1.807, 2.05) is 0 Å². The number of ether oxygens (including phenoxy) is 1. The highest BCUT2D eigenvalue weighted by atomic mass is 35.5. The Morgan fingerprint density at radius 1 is 1.29 bits per heavy atom. The van der Waals surface area contributed by atoms with E-state index >= 15 is 0 Å². The molecular weight excluding hydrogens is 334 g/mol. The Morgan fingerprint density at radius 2 is 1.92 bits per heavy atom. The van der Waals surface area contributed by atoms with Crippen LogP contribution >= 0.6 is 11.6 Å². The number of nitrogens with one attached hydrogen (secondary N) is 2. The van der Waals surface area contributed by atoms with Gasteiger partial charge in [-0.25, -0.2) is 4.79 Å². The van der Waals surface area contributed by atoms with Crippen LogP contribution in [0.3, 0.4) is 0 Å². The number of amides is 3. The molecule has 1 aromatic rings. The molecule has 0 fully saturated rings. The van der Waals surface area contributed by atoms with Crippen molar-refractivity contribution in [3.05, 3.63) is 28.8 Å². The Bertz CT molecular complexity index is 641. The first-order valence-electron chi connectivity index (χ1n) is 7.33. The Hall–Kier alpha value is -2.28. The van der Waals surface area contributed by atoms with Crippen LogP contribution in [0.15, 0.2) is 18.2 Å². The van der Waals surface area contributed by atoms with Crippen molar-refractivity contribution in [2.24, 2.45) is 5.73 Å². The summed E-state index contributed by atoms with van der Waals surface area (Å²) in [5, 5.41) is 5.42. The molecule has 0 bridgehead atoms. The molecule has 3 amide bonds. The van der Waals surface area contributed by atoms with Gasteiger partial charge in [0.25, 0.3) is 0 Å². The van der Waals surface area contributed by atoms with E-state index in [-0.39, 0.29) is 6.42 Å². The van der Waals surface area contributed by atoms with Gasteiger partial charge in [0.05, 0.1) is 6.42 Å². The molecule has 8 heteroatoms. The fourth-order valence-electron chi connectivity index (χ4n) is 1.81. The Labute approximate surface area is 145 Å². The maximum atomic E-state index is 12.4. The maximum Gasteiger partial charge on any atom is 0.408 e. The van der Waals surface area contributed by atoms with Gasteiger partial charge in [0.2, 0.25) is 11.8 Å². The Kier molecular flexibility index (Phi) is 6.60. The van der Waals surface area contributed by atoms with Gasteiger partial charge in [0.15, 0.2) is 0 Å². The molecule has 0 saturated carbocycles. The van der Waals surface area contributed by atoms with Gasteiger partial charge in [-0.1, -0.05) is 17.7 Å². The van der Waals surface area contributed by atoms with E-state index in [0.717, 1.165) is 5.56 Å². The summed E-state index contributed by atoms with van der Waals surface area (Å²) in [4.78, 5) is 35.4. The third-order valence-corrected chi connectivity index (χ3v) is 3.11. The summed E-state index contributed by atoms with van der Waals surface area (Å²) < 4.78 is 5.09. The predicted molar refractivity (Wildman–Crippen MR) is 91.8 cm³/mol. The maximum absolute atomic E-state index is 12.4. The lowest BCUT2D eigenvalue weighted by Gasteiger charge is -2.23. The largest absolute Gasteiger partial charge is 0.444 e. The Balaban J connectivity index is 2.87. The molecule has 24 heavy (non-hydrogen) atoms. The number of hydrogen-bond acceptors (Lipinski definition) is 4. The van der Waals surface area contributed by atoms with Gasteiger partial charge < -0.3 is 21.1 Å². The van der Waals surface area contributed by atoms with Crippen LogP contribution in [0, 0.1) is 6.92 Å². The van der Waals surface area contributed by atoms with Crippen LogP contribution in [0.5, 0.6) is 0 Å². The average molecular weight is 356 g/mol. The van der Waals surface area contributed by atoms with Crippen LogP contribution in [-0.4, -0.2) is 29.6 Å². The smallest absolute Gasteiger partial charge is 0.408 e. The second kappa shape index (κ2) is 8.01. The summed E-state index contributed by atoms with van der Waals surface area (Å²) in [7, 11) is 0. The molecule has 1 aromatic carbocycles. The van der Waals surface area contributed by atoms with Crippen LogP contribution in [0.25, 0.3) is 0 Å². The first-order chi connectivity index (χ1) is 11.0. The van der Waals surface area contributed by atoms with Gasteiger partial charge in [-0.15, -0.1) is 0 Å². The minimum atomic E-state index is -1.16. The van der Waals surface area contributed by atoms with Crippen molar-refractivity contribution in [2.75, 3.05) is 5.32 Å². The molecule has 0 spiro atoms. The van der Waals surface area contributed by atoms with E-state index in [0.29, 0.717) is 10.7 Å². The topological polar surface area (TPSA) is 111 Å². The van der Waals surface area contributed by atoms with Gasteiger partial charge in [-0.05, 0) is 45.4 Å². The minimum Gasteiger partial charge on any atom is -0.444 e. The number of nitrogens with two attached hydrogens (primary N) is 1. The molecule has 7 nitrogen and oxygen atoms in total. The van der Waals surface area contributed by atoms with Crippen LogP contribution in [-0.2, 0) is 14.3 Å². The van der Waals surface area contributed by atoms with Crippen molar-refractivity contribution in [3.8, 4) is 0 Å². The number of primary amides is 1. The van der Waals surface area contributed by atoms with Gasteiger partial charge in [0, 0.05) is 10.7 Å². The Morgan fingerprint density at radius 3 is 2.46 bits per heavy atom. The highest BCUT2D eigenvalue weighted by Crippen LogP contribution is 2.20. The van der Waals surface area contributed by atoms with Crippen molar-refractivity contribution in [3.63, 3.8) is 0 Å². The molecule has 0 aliphatic heterocycles. The zero-order valence-corrected chi connectivity index (χ0v) is 14.9. The van der Waals surface area contributed by atoms with Crippen molar-refractivity contribution in [1.82, 2.24) is 5.32 Å². The fourth-order valence-corrected chi connectivity index (χ4v) is 1.98. The standard InChI is InChI=1S/C16H22ClN3O4/c1-9-5-6-10(17)7-11(9)19-14(22)12(8-13(18)21)20-15(23)24-16(2,3)4/h5-7,12H,8H2,1-4H3,(H2,18,21)(H,19,22)(H,20,23)/t12-/m1/s1. The monoisotopic (exact) mass is 355 g/mol. The number of alkyl carbamates (subject to hydrolysis) is 1. The zero-order valence-electron chi connectivity index (χ0n) is 14.1. The summed E-state index contributed by atoms with van der Waals surface area (Å²) in [6, 6.07) is 3.84. The lowest BCUT2D eigenvalue weighted by molar-refractivity contribution is -0.124. The second-order valence-corrected chi connectivity index (χ2v) is 6.75. The molecule has 1 atom stereocenters. The molecular formula is C16H22ClN3O4. The number of rotatable bonds is 5. The molecule has 4 N–H and O–H groups in total. The fraction of sp³-hybridized carbons (Fsp3) is 0.438. The van der Waals surface area contributed by atoms with Gasteiger partial charge in [0.1, 0.15) is 11.6 Å². The van der Waals surface area contributed by atoms with E-state index in [2.05, 4.69) is 10.6 Å². The molecule has 0 radical (unpaired) electrons. The van der Waals surface area contributed by atoms with Gasteiger partial charge in [-0.3, -0.25) is 9.59 Å². The molecule has 132 valence electrons. The first kappa shape index (κ1) is 19.8. The predicted octanol–water partition coefficient (Wildman–Crippen LogP) is 2.36. The number of hydrogen-bond donors (Lipinski definition) is 3. The summed E-state index contributed by atoms with van der Waals surface area (Å²) in [6.45, 7) is 6.84. The van der Waals surface area contributed by atoms with E-state index in [4.69, 9.17) is 22.1 Å². The quantitative estimate of drug-likeness (QED) is 0.752. The summed E-state index contributed by atoms with van der Waals surface area (Å²) in [5.41, 5.74) is 5.67. The second-order valence-electron chi connectivity index (χ2n) is 6.32. The first-order valence-corrected chi connectivity index (χ1v) is 7.70. The lowest BCUT2D eigenvalue weighted by atomic mass is 10.1. The minimum absolute atomic E-state index is 0.356. The normalized spacial score (nSPS) is 12.2. The molecule has 0 saturated heterocycles. The average Bonchev–Trinajstić information content (AvgIpc) is 2.39. The van der Waals surface area contributed by atoms with Crippen molar-refractivity contribution in [2.45, 2.75) is 45.8 Å². The van der Waals surface area contributed by atoms with Gasteiger partial charge in [-0.2, -0.15) is 0 Å². The number of anilines is 1. The lowest BCUT2D eigenvalue weighted by Crippen LogP contribution is -2.47. The van der Waals surface area contributed by atoms with Crippen LogP contribution in [0.2, 0.25) is 5.02 Å². The summed E-state index contributed by atoms with van der Waals surface area (Å²) >= 11 is 5.91. The van der Waals surface area contributed by atoms with Crippen molar-refractivity contribution in [1.29, 1.82) is 0 Å². The number of aryl methyl sites for hydroxylation is 1. The third-order valence-electron chi connectivity index (χ3n) is 2.87. The van der Waals surface area contributed by atoms with Crippen molar-refractivity contribution < 1.29 is 19.1 Å². The number of benzene rings is 1. The molecule has 0 aliphatic rings.